The lowest BCUT2D eigenvalue weighted by atomic mass is 9.72. The topological polar surface area (TPSA) is 29.1 Å². The van der Waals surface area contributed by atoms with Crippen LogP contribution < -0.4 is 5.32 Å². The van der Waals surface area contributed by atoms with Crippen molar-refractivity contribution in [3.63, 3.8) is 0 Å². The van der Waals surface area contributed by atoms with Gasteiger partial charge in [0.1, 0.15) is 7.85 Å². The van der Waals surface area contributed by atoms with E-state index in [0.29, 0.717) is 5.56 Å². The van der Waals surface area contributed by atoms with E-state index in [1.807, 2.05) is 45.9 Å². The van der Waals surface area contributed by atoms with Gasteiger partial charge >= 0.3 is 0 Å². The van der Waals surface area contributed by atoms with Crippen molar-refractivity contribution in [2.24, 2.45) is 0 Å². The number of carbonyl (C=O) groups excluding carboxylic acids is 1. The molecule has 0 aliphatic rings. The minimum atomic E-state index is -1.05. The van der Waals surface area contributed by atoms with Gasteiger partial charge in [0, 0.05) is 16.5 Å². The van der Waals surface area contributed by atoms with Crippen LogP contribution in [0.15, 0.2) is 24.3 Å². The molecule has 0 saturated heterocycles. The maximum Gasteiger partial charge on any atom is 0.173 e. The zero-order valence-corrected chi connectivity index (χ0v) is 11.3. The lowest BCUT2D eigenvalue weighted by Gasteiger charge is -2.34. The minimum absolute atomic E-state index is 0.0869. The molecule has 1 aromatic carbocycles. The average molecular weight is 229 g/mol. The normalized spacial score (nSPS) is 15.4. The van der Waals surface area contributed by atoms with Crippen molar-refractivity contribution in [1.29, 1.82) is 0 Å². The second-order valence-corrected chi connectivity index (χ2v) is 5.78. The molecule has 1 unspecified atom stereocenters. The van der Waals surface area contributed by atoms with Crippen molar-refractivity contribution in [1.82, 2.24) is 5.32 Å². The standard InChI is InChI=1S/C14H20BNO/c1-10-7-6-8-11(9-10)12(17)14(5,15)16-13(2,3)4/h6-9,16H,1-5H3. The molecule has 1 aromatic rings. The number of hydrogen-bond donors (Lipinski definition) is 1. The van der Waals surface area contributed by atoms with Gasteiger partial charge in [-0.2, -0.15) is 0 Å². The van der Waals surface area contributed by atoms with E-state index in [1.54, 1.807) is 13.0 Å². The van der Waals surface area contributed by atoms with Crippen LogP contribution in [0, 0.1) is 6.92 Å². The molecule has 0 heterocycles. The van der Waals surface area contributed by atoms with E-state index in [2.05, 4.69) is 5.32 Å². The highest BCUT2D eigenvalue weighted by Crippen LogP contribution is 2.15. The van der Waals surface area contributed by atoms with E-state index in [1.165, 1.54) is 0 Å². The molecule has 0 spiro atoms. The maximum absolute atomic E-state index is 12.3. The number of aryl methyl sites for hydroxylation is 1. The molecular formula is C14H20BNO. The van der Waals surface area contributed by atoms with Crippen molar-refractivity contribution in [2.75, 3.05) is 0 Å². The number of rotatable bonds is 3. The largest absolute Gasteiger partial charge is 0.308 e. The summed E-state index contributed by atoms with van der Waals surface area (Å²) in [6.07, 6.45) is 0. The van der Waals surface area contributed by atoms with Gasteiger partial charge < -0.3 is 5.32 Å². The molecule has 2 radical (unpaired) electrons. The summed E-state index contributed by atoms with van der Waals surface area (Å²) in [4.78, 5) is 12.3. The first-order chi connectivity index (χ1) is 7.62. The molecule has 0 amide bonds. The van der Waals surface area contributed by atoms with Crippen LogP contribution in [0.1, 0.15) is 43.6 Å². The third-order valence-corrected chi connectivity index (χ3v) is 2.39. The lowest BCUT2D eigenvalue weighted by molar-refractivity contribution is 0.0907. The first kappa shape index (κ1) is 14.0. The van der Waals surface area contributed by atoms with Gasteiger partial charge in [-0.25, -0.2) is 0 Å². The molecule has 0 bridgehead atoms. The van der Waals surface area contributed by atoms with E-state index < -0.39 is 5.44 Å². The summed E-state index contributed by atoms with van der Waals surface area (Å²) >= 11 is 0. The molecule has 0 fully saturated rings. The third kappa shape index (κ3) is 4.01. The Hall–Kier alpha value is -1.09. The number of carbonyl (C=O) groups is 1. The fraction of sp³-hybridized carbons (Fsp3) is 0.500. The van der Waals surface area contributed by atoms with Gasteiger partial charge in [-0.1, -0.05) is 23.8 Å². The number of hydrogen-bond acceptors (Lipinski definition) is 2. The monoisotopic (exact) mass is 229 g/mol. The third-order valence-electron chi connectivity index (χ3n) is 2.39. The lowest BCUT2D eigenvalue weighted by Crippen LogP contribution is -2.57. The van der Waals surface area contributed by atoms with Crippen LogP contribution in [0.25, 0.3) is 0 Å². The zero-order chi connectivity index (χ0) is 13.3. The van der Waals surface area contributed by atoms with Gasteiger partial charge in [0.25, 0.3) is 0 Å². The summed E-state index contributed by atoms with van der Waals surface area (Å²) in [7, 11) is 6.07. The van der Waals surface area contributed by atoms with Gasteiger partial charge in [-0.3, -0.25) is 4.79 Å². The fourth-order valence-electron chi connectivity index (χ4n) is 1.92. The van der Waals surface area contributed by atoms with Crippen molar-refractivity contribution >= 4 is 13.6 Å². The Labute approximate surface area is 105 Å². The van der Waals surface area contributed by atoms with Gasteiger partial charge in [0.15, 0.2) is 5.78 Å². The maximum atomic E-state index is 12.3. The van der Waals surface area contributed by atoms with Gasteiger partial charge in [-0.15, -0.1) is 0 Å². The predicted molar refractivity (Wildman–Crippen MR) is 72.6 cm³/mol. The van der Waals surface area contributed by atoms with Crippen LogP contribution in [0.4, 0.5) is 0 Å². The fourth-order valence-corrected chi connectivity index (χ4v) is 1.92. The molecule has 1 atom stereocenters. The summed E-state index contributed by atoms with van der Waals surface area (Å²) in [5.74, 6) is -0.0869. The van der Waals surface area contributed by atoms with Crippen molar-refractivity contribution < 1.29 is 4.79 Å². The SMILES string of the molecule is [B]C(C)(NC(C)(C)C)C(=O)c1cccc(C)c1. The Kier molecular flexibility index (Phi) is 3.83. The van der Waals surface area contributed by atoms with Crippen LogP contribution in [0.2, 0.25) is 0 Å². The Balaban J connectivity index is 2.96. The van der Waals surface area contributed by atoms with E-state index in [4.69, 9.17) is 7.85 Å². The summed E-state index contributed by atoms with van der Waals surface area (Å²) in [5, 5.41) is 3.14. The van der Waals surface area contributed by atoms with Gasteiger partial charge in [0.2, 0.25) is 0 Å². The average Bonchev–Trinajstić information content (AvgIpc) is 2.12. The van der Waals surface area contributed by atoms with Crippen LogP contribution in [0.5, 0.6) is 0 Å². The van der Waals surface area contributed by atoms with Crippen molar-refractivity contribution in [2.45, 2.75) is 45.6 Å². The summed E-state index contributed by atoms with van der Waals surface area (Å²) in [6, 6.07) is 7.49. The Morgan fingerprint density at radius 3 is 2.29 bits per heavy atom. The first-order valence-corrected chi connectivity index (χ1v) is 5.81. The molecule has 0 aliphatic heterocycles. The number of Topliss-reactive ketones (excluding diaryl/α,β-unsaturated/α-hetero) is 1. The smallest absolute Gasteiger partial charge is 0.173 e. The summed E-state index contributed by atoms with van der Waals surface area (Å²) in [6.45, 7) is 9.63. The number of ketones is 1. The zero-order valence-electron chi connectivity index (χ0n) is 11.3. The Morgan fingerprint density at radius 2 is 1.82 bits per heavy atom. The highest BCUT2D eigenvalue weighted by atomic mass is 16.1. The van der Waals surface area contributed by atoms with Crippen molar-refractivity contribution in [3.8, 4) is 0 Å². The summed E-state index contributed by atoms with van der Waals surface area (Å²) in [5.41, 5.74) is 0.448. The Morgan fingerprint density at radius 1 is 1.24 bits per heavy atom. The van der Waals surface area contributed by atoms with E-state index >= 15 is 0 Å². The van der Waals surface area contributed by atoms with Crippen molar-refractivity contribution in [3.05, 3.63) is 35.4 Å². The molecular weight excluding hydrogens is 209 g/mol. The Bertz CT molecular complexity index is 418. The van der Waals surface area contributed by atoms with Gasteiger partial charge in [-0.05, 0) is 40.7 Å². The molecule has 2 nitrogen and oxygen atoms in total. The highest BCUT2D eigenvalue weighted by Gasteiger charge is 2.31. The quantitative estimate of drug-likeness (QED) is 0.637. The highest BCUT2D eigenvalue weighted by molar-refractivity contribution is 6.32. The molecule has 0 saturated carbocycles. The molecule has 0 aromatic heterocycles. The number of nitrogens with one attached hydrogen (secondary N) is 1. The minimum Gasteiger partial charge on any atom is -0.308 e. The molecule has 1 N–H and O–H groups in total. The number of benzene rings is 1. The van der Waals surface area contributed by atoms with E-state index in [0.717, 1.165) is 5.56 Å². The second kappa shape index (κ2) is 4.65. The van der Waals surface area contributed by atoms with Crippen LogP contribution in [-0.4, -0.2) is 24.6 Å². The molecule has 3 heteroatoms. The second-order valence-electron chi connectivity index (χ2n) is 5.78. The molecule has 1 rings (SSSR count). The van der Waals surface area contributed by atoms with Crippen LogP contribution in [-0.2, 0) is 0 Å². The van der Waals surface area contributed by atoms with E-state index in [-0.39, 0.29) is 11.3 Å². The van der Waals surface area contributed by atoms with Crippen LogP contribution >= 0.6 is 0 Å². The van der Waals surface area contributed by atoms with Gasteiger partial charge in [0.05, 0.1) is 0 Å². The van der Waals surface area contributed by atoms with E-state index in [9.17, 15) is 4.79 Å². The summed E-state index contributed by atoms with van der Waals surface area (Å²) < 4.78 is 0. The van der Waals surface area contributed by atoms with Crippen LogP contribution in [0.3, 0.4) is 0 Å². The molecule has 0 aliphatic carbocycles. The molecule has 17 heavy (non-hydrogen) atoms. The first-order valence-electron chi connectivity index (χ1n) is 5.81. The molecule has 90 valence electrons. The predicted octanol–water partition coefficient (Wildman–Crippen LogP) is 2.45.